The molecule has 1 fully saturated rings. The zero-order valence-corrected chi connectivity index (χ0v) is 12.3. The Morgan fingerprint density at radius 1 is 1.23 bits per heavy atom. The van der Waals surface area contributed by atoms with E-state index in [1.807, 2.05) is 30.3 Å². The maximum atomic E-state index is 9.37. The fourth-order valence-corrected chi connectivity index (χ4v) is 2.46. The molecule has 0 radical (unpaired) electrons. The SMILES string of the molecule is N#Cc1c(N=CN2CCCCC2)n[nH]c1Nc1ccccc1. The van der Waals surface area contributed by atoms with Crippen LogP contribution in [0.4, 0.5) is 17.3 Å². The fourth-order valence-electron chi connectivity index (χ4n) is 2.46. The molecule has 1 saturated heterocycles. The normalized spacial score (nSPS) is 15.0. The number of hydrogen-bond acceptors (Lipinski definition) is 4. The summed E-state index contributed by atoms with van der Waals surface area (Å²) in [6.45, 7) is 2.04. The van der Waals surface area contributed by atoms with Crippen molar-refractivity contribution in [1.82, 2.24) is 15.1 Å². The van der Waals surface area contributed by atoms with Crippen molar-refractivity contribution in [3.05, 3.63) is 35.9 Å². The summed E-state index contributed by atoms with van der Waals surface area (Å²) in [5.41, 5.74) is 1.33. The van der Waals surface area contributed by atoms with Crippen LogP contribution in [0, 0.1) is 11.3 Å². The second kappa shape index (κ2) is 6.76. The number of aromatic nitrogens is 2. The van der Waals surface area contributed by atoms with Crippen molar-refractivity contribution in [2.75, 3.05) is 18.4 Å². The lowest BCUT2D eigenvalue weighted by atomic mass is 10.1. The minimum Gasteiger partial charge on any atom is -0.363 e. The molecule has 0 atom stereocenters. The average Bonchev–Trinajstić information content (AvgIpc) is 2.96. The second-order valence-corrected chi connectivity index (χ2v) is 5.24. The Bertz CT molecular complexity index is 676. The van der Waals surface area contributed by atoms with E-state index < -0.39 is 0 Å². The first-order valence-corrected chi connectivity index (χ1v) is 7.45. The van der Waals surface area contributed by atoms with Gasteiger partial charge in [-0.3, -0.25) is 5.10 Å². The number of likely N-dealkylation sites (tertiary alicyclic amines) is 1. The molecule has 6 heteroatoms. The first kappa shape index (κ1) is 14.1. The molecule has 0 saturated carbocycles. The number of para-hydroxylation sites is 1. The van der Waals surface area contributed by atoms with Gasteiger partial charge in [0.15, 0.2) is 5.82 Å². The van der Waals surface area contributed by atoms with Crippen molar-refractivity contribution in [3.8, 4) is 6.07 Å². The van der Waals surface area contributed by atoms with E-state index >= 15 is 0 Å². The quantitative estimate of drug-likeness (QED) is 0.670. The van der Waals surface area contributed by atoms with Crippen LogP contribution in [0.15, 0.2) is 35.3 Å². The molecule has 0 aliphatic carbocycles. The molecule has 1 aliphatic rings. The molecule has 0 amide bonds. The van der Waals surface area contributed by atoms with E-state index in [1.54, 1.807) is 6.34 Å². The van der Waals surface area contributed by atoms with Gasteiger partial charge in [0.25, 0.3) is 0 Å². The van der Waals surface area contributed by atoms with Crippen molar-refractivity contribution in [1.29, 1.82) is 5.26 Å². The van der Waals surface area contributed by atoms with Gasteiger partial charge in [-0.2, -0.15) is 10.4 Å². The number of aliphatic imine (C=N–C) groups is 1. The summed E-state index contributed by atoms with van der Waals surface area (Å²) in [4.78, 5) is 6.53. The molecular weight excluding hydrogens is 276 g/mol. The molecule has 2 aromatic rings. The number of H-pyrrole nitrogens is 1. The first-order chi connectivity index (χ1) is 10.9. The van der Waals surface area contributed by atoms with Gasteiger partial charge in [-0.05, 0) is 31.4 Å². The molecule has 1 aromatic heterocycles. The maximum absolute atomic E-state index is 9.37. The Hall–Kier alpha value is -2.81. The van der Waals surface area contributed by atoms with Crippen LogP contribution in [0.25, 0.3) is 0 Å². The highest BCUT2D eigenvalue weighted by Crippen LogP contribution is 2.25. The molecule has 2 heterocycles. The van der Waals surface area contributed by atoms with Crippen LogP contribution in [-0.2, 0) is 0 Å². The second-order valence-electron chi connectivity index (χ2n) is 5.24. The van der Waals surface area contributed by atoms with Gasteiger partial charge in [-0.1, -0.05) is 18.2 Å². The number of anilines is 2. The van der Waals surface area contributed by atoms with Gasteiger partial charge in [0, 0.05) is 18.8 Å². The van der Waals surface area contributed by atoms with Crippen LogP contribution in [0.2, 0.25) is 0 Å². The topological polar surface area (TPSA) is 80.1 Å². The van der Waals surface area contributed by atoms with E-state index in [-0.39, 0.29) is 0 Å². The van der Waals surface area contributed by atoms with Crippen LogP contribution in [0.5, 0.6) is 0 Å². The fraction of sp³-hybridized carbons (Fsp3) is 0.312. The summed E-state index contributed by atoms with van der Waals surface area (Å²) in [7, 11) is 0. The summed E-state index contributed by atoms with van der Waals surface area (Å²) >= 11 is 0. The van der Waals surface area contributed by atoms with E-state index in [9.17, 15) is 5.26 Å². The predicted octanol–water partition coefficient (Wildman–Crippen LogP) is 3.17. The Labute approximate surface area is 129 Å². The van der Waals surface area contributed by atoms with Crippen LogP contribution in [0.1, 0.15) is 24.8 Å². The molecular formula is C16H18N6. The Morgan fingerprint density at radius 3 is 2.73 bits per heavy atom. The third-order valence-electron chi connectivity index (χ3n) is 3.64. The highest BCUT2D eigenvalue weighted by Gasteiger charge is 2.13. The first-order valence-electron chi connectivity index (χ1n) is 7.45. The third-order valence-corrected chi connectivity index (χ3v) is 3.64. The average molecular weight is 294 g/mol. The summed E-state index contributed by atoms with van der Waals surface area (Å²) in [6, 6.07) is 11.8. The number of benzene rings is 1. The molecule has 112 valence electrons. The third kappa shape index (κ3) is 3.26. The summed E-state index contributed by atoms with van der Waals surface area (Å²) in [6.07, 6.45) is 5.46. The zero-order valence-electron chi connectivity index (χ0n) is 12.3. The van der Waals surface area contributed by atoms with E-state index in [4.69, 9.17) is 0 Å². The summed E-state index contributed by atoms with van der Waals surface area (Å²) in [5.74, 6) is 0.992. The lowest BCUT2D eigenvalue weighted by molar-refractivity contribution is 0.351. The van der Waals surface area contributed by atoms with E-state index in [2.05, 4.69) is 31.5 Å². The molecule has 0 bridgehead atoms. The van der Waals surface area contributed by atoms with Crippen molar-refractivity contribution in [2.45, 2.75) is 19.3 Å². The standard InChI is InChI=1S/C16H18N6/c17-11-14-15(18-12-22-9-5-2-6-10-22)20-21-16(14)19-13-7-3-1-4-8-13/h1,3-4,7-8,12H,2,5-6,9-10H2,(H2,19,20,21). The van der Waals surface area contributed by atoms with Crippen LogP contribution < -0.4 is 5.32 Å². The van der Waals surface area contributed by atoms with E-state index in [1.165, 1.54) is 19.3 Å². The molecule has 1 aromatic carbocycles. The molecule has 22 heavy (non-hydrogen) atoms. The van der Waals surface area contributed by atoms with Crippen LogP contribution in [-0.4, -0.2) is 34.5 Å². The number of nitrogens with one attached hydrogen (secondary N) is 2. The van der Waals surface area contributed by atoms with Crippen LogP contribution in [0.3, 0.4) is 0 Å². The number of nitriles is 1. The number of aromatic amines is 1. The number of hydrogen-bond donors (Lipinski definition) is 2. The lowest BCUT2D eigenvalue weighted by Crippen LogP contribution is -2.28. The Morgan fingerprint density at radius 2 is 2.00 bits per heavy atom. The van der Waals surface area contributed by atoms with E-state index in [0.29, 0.717) is 17.2 Å². The Kier molecular flexibility index (Phi) is 4.35. The van der Waals surface area contributed by atoms with Gasteiger partial charge in [0.2, 0.25) is 0 Å². The number of rotatable bonds is 4. The van der Waals surface area contributed by atoms with Crippen LogP contribution >= 0.6 is 0 Å². The van der Waals surface area contributed by atoms with Gasteiger partial charge in [0.1, 0.15) is 17.5 Å². The maximum Gasteiger partial charge on any atom is 0.195 e. The van der Waals surface area contributed by atoms with Gasteiger partial charge < -0.3 is 10.2 Å². The molecule has 1 aliphatic heterocycles. The molecule has 6 nitrogen and oxygen atoms in total. The predicted molar refractivity (Wildman–Crippen MR) is 86.6 cm³/mol. The summed E-state index contributed by atoms with van der Waals surface area (Å²) in [5, 5.41) is 19.5. The number of nitrogens with zero attached hydrogens (tertiary/aromatic N) is 4. The van der Waals surface area contributed by atoms with Crippen molar-refractivity contribution in [2.24, 2.45) is 4.99 Å². The monoisotopic (exact) mass is 294 g/mol. The van der Waals surface area contributed by atoms with Gasteiger partial charge >= 0.3 is 0 Å². The minimum absolute atomic E-state index is 0.423. The van der Waals surface area contributed by atoms with Crippen molar-refractivity contribution < 1.29 is 0 Å². The van der Waals surface area contributed by atoms with Gasteiger partial charge in [0.05, 0.1) is 6.34 Å². The highest BCUT2D eigenvalue weighted by atomic mass is 15.2. The van der Waals surface area contributed by atoms with E-state index in [0.717, 1.165) is 18.8 Å². The van der Waals surface area contributed by atoms with Crippen molar-refractivity contribution in [3.63, 3.8) is 0 Å². The van der Waals surface area contributed by atoms with Gasteiger partial charge in [-0.15, -0.1) is 0 Å². The molecule has 3 rings (SSSR count). The lowest BCUT2D eigenvalue weighted by Gasteiger charge is -2.23. The van der Waals surface area contributed by atoms with Crippen molar-refractivity contribution >= 4 is 23.7 Å². The largest absolute Gasteiger partial charge is 0.363 e. The molecule has 0 spiro atoms. The highest BCUT2D eigenvalue weighted by molar-refractivity contribution is 5.71. The number of piperidine rings is 1. The van der Waals surface area contributed by atoms with Gasteiger partial charge in [-0.25, -0.2) is 4.99 Å². The minimum atomic E-state index is 0.423. The molecule has 0 unspecified atom stereocenters. The Balaban J connectivity index is 1.75. The smallest absolute Gasteiger partial charge is 0.195 e. The molecule has 2 N–H and O–H groups in total. The zero-order chi connectivity index (χ0) is 15.2. The summed E-state index contributed by atoms with van der Waals surface area (Å²) < 4.78 is 0.